The van der Waals surface area contributed by atoms with E-state index in [9.17, 15) is 0 Å². The second kappa shape index (κ2) is 2.43. The molecule has 4 saturated carbocycles. The molecule has 0 heterocycles. The molecule has 0 N–H and O–H groups in total. The summed E-state index contributed by atoms with van der Waals surface area (Å²) in [7, 11) is 0. The number of rotatable bonds is 0. The summed E-state index contributed by atoms with van der Waals surface area (Å²) in [5.74, 6) is 4.62. The Morgan fingerprint density at radius 1 is 0.917 bits per heavy atom. The van der Waals surface area contributed by atoms with Gasteiger partial charge in [-0.3, -0.25) is 0 Å². The third-order valence-electron chi connectivity index (χ3n) is 4.90. The molecular weight excluding hydrogens is 251 g/mol. The van der Waals surface area contributed by atoms with Gasteiger partial charge in [0.1, 0.15) is 0 Å². The van der Waals surface area contributed by atoms with Gasteiger partial charge >= 0.3 is 88.7 Å². The van der Waals surface area contributed by atoms with Crippen LogP contribution in [0.15, 0.2) is 0 Å². The second-order valence-corrected chi connectivity index (χ2v) is 9.22. The Morgan fingerprint density at radius 2 is 1.33 bits per heavy atom. The third kappa shape index (κ3) is 0.964. The van der Waals surface area contributed by atoms with Gasteiger partial charge < -0.3 is 0 Å². The maximum atomic E-state index is 2.59. The molecule has 0 amide bonds. The fourth-order valence-corrected chi connectivity index (χ4v) is 5.75. The fourth-order valence-electron chi connectivity index (χ4n) is 4.20. The molecule has 0 nitrogen and oxygen atoms in total. The molecule has 0 saturated heterocycles. The predicted molar refractivity (Wildman–Crippen MR) is 52.6 cm³/mol. The molecule has 1 heteroatoms. The maximum absolute atomic E-state index is 2.59. The molecule has 4 rings (SSSR count). The van der Waals surface area contributed by atoms with Gasteiger partial charge in [0.05, 0.1) is 0 Å². The van der Waals surface area contributed by atoms with Gasteiger partial charge in [0, 0.05) is 0 Å². The topological polar surface area (TPSA) is 0 Å². The van der Waals surface area contributed by atoms with E-state index in [1.165, 1.54) is 22.5 Å². The van der Waals surface area contributed by atoms with E-state index in [4.69, 9.17) is 0 Å². The van der Waals surface area contributed by atoms with Gasteiger partial charge in [-0.15, -0.1) is 0 Å². The number of hydrogen-bond donors (Lipinski definition) is 0. The van der Waals surface area contributed by atoms with Gasteiger partial charge in [0.2, 0.25) is 0 Å². The van der Waals surface area contributed by atoms with E-state index in [0.717, 1.165) is 27.1 Å². The van der Waals surface area contributed by atoms with Gasteiger partial charge in [-0.1, -0.05) is 0 Å². The Kier molecular flexibility index (Phi) is 1.65. The summed E-state index contributed by atoms with van der Waals surface area (Å²) in [6, 6.07) is 0. The zero-order chi connectivity index (χ0) is 8.34. The second-order valence-electron chi connectivity index (χ2n) is 5.67. The van der Waals surface area contributed by atoms with Crippen LogP contribution in [0, 0.1) is 23.7 Å². The number of hydrogen-bond acceptors (Lipinski definition) is 0. The zero-order valence-electron chi connectivity index (χ0n) is 7.92. The van der Waals surface area contributed by atoms with Crippen LogP contribution in [0.1, 0.15) is 39.0 Å². The van der Waals surface area contributed by atoms with E-state index in [1.807, 2.05) is 0 Å². The van der Waals surface area contributed by atoms with E-state index < -0.39 is 0 Å². The van der Waals surface area contributed by atoms with E-state index in [1.54, 1.807) is 32.1 Å². The molecule has 4 aliphatic carbocycles. The predicted octanol–water partition coefficient (Wildman–Crippen LogP) is 2.52. The Balaban J connectivity index is 1.96. The Bertz CT molecular complexity index is 177. The van der Waals surface area contributed by atoms with Gasteiger partial charge in [-0.05, 0) is 0 Å². The van der Waals surface area contributed by atoms with Crippen LogP contribution in [-0.2, 0) is 0 Å². The van der Waals surface area contributed by atoms with Crippen LogP contribution in [0.25, 0.3) is 0 Å². The van der Waals surface area contributed by atoms with Crippen molar-refractivity contribution in [2.75, 3.05) is 0 Å². The van der Waals surface area contributed by atoms with Crippen LogP contribution in [0.2, 0.25) is 3.43 Å². The average molecular weight is 269 g/mol. The van der Waals surface area contributed by atoms with E-state index >= 15 is 0 Å². The summed E-state index contributed by atoms with van der Waals surface area (Å²) >= 11 is 1.52. The summed E-state index contributed by atoms with van der Waals surface area (Å²) in [4.78, 5) is 0. The Morgan fingerprint density at radius 3 is 1.75 bits per heavy atom. The first-order valence-corrected chi connectivity index (χ1v) is 7.10. The Hall–Kier alpha value is 0.799. The molecule has 12 heavy (non-hydrogen) atoms. The monoisotopic (exact) mass is 270 g/mol. The van der Waals surface area contributed by atoms with Crippen molar-refractivity contribution < 1.29 is 0 Å². The van der Waals surface area contributed by atoms with Crippen LogP contribution in [0.5, 0.6) is 0 Å². The molecule has 66 valence electrons. The summed E-state index contributed by atoms with van der Waals surface area (Å²) < 4.78 is 0.832. The van der Waals surface area contributed by atoms with Crippen molar-refractivity contribution in [1.29, 1.82) is 0 Å². The van der Waals surface area contributed by atoms with Crippen molar-refractivity contribution in [3.8, 4) is 0 Å². The van der Waals surface area contributed by atoms with Crippen molar-refractivity contribution in [3.63, 3.8) is 0 Å². The van der Waals surface area contributed by atoms with E-state index in [0.29, 0.717) is 0 Å². The SMILES string of the molecule is C[C]1([SnH])C2CC3CC(C2)CC1C3. The minimum absolute atomic E-state index is 0.832. The molecule has 0 unspecified atom stereocenters. The van der Waals surface area contributed by atoms with Crippen molar-refractivity contribution in [2.24, 2.45) is 23.7 Å². The van der Waals surface area contributed by atoms with Crippen LogP contribution in [0.4, 0.5) is 0 Å². The normalized spacial score (nSPS) is 62.5. The summed E-state index contributed by atoms with van der Waals surface area (Å²) in [6.45, 7) is 2.59. The fraction of sp³-hybridized carbons (Fsp3) is 1.00. The summed E-state index contributed by atoms with van der Waals surface area (Å²) in [5.41, 5.74) is 0. The van der Waals surface area contributed by atoms with Crippen LogP contribution in [0.3, 0.4) is 0 Å². The quantitative estimate of drug-likeness (QED) is 0.593. The molecule has 4 bridgehead atoms. The van der Waals surface area contributed by atoms with E-state index in [2.05, 4.69) is 6.92 Å². The van der Waals surface area contributed by atoms with Gasteiger partial charge in [-0.25, -0.2) is 0 Å². The van der Waals surface area contributed by atoms with Gasteiger partial charge in [0.15, 0.2) is 0 Å². The molecule has 0 aromatic heterocycles. The molecular formula is C11H18Sn. The van der Waals surface area contributed by atoms with Crippen molar-refractivity contribution >= 4 is 22.5 Å². The molecule has 0 spiro atoms. The third-order valence-corrected chi connectivity index (χ3v) is 7.59. The van der Waals surface area contributed by atoms with E-state index in [-0.39, 0.29) is 0 Å². The van der Waals surface area contributed by atoms with Crippen molar-refractivity contribution in [2.45, 2.75) is 42.5 Å². The van der Waals surface area contributed by atoms with Gasteiger partial charge in [-0.2, -0.15) is 0 Å². The Labute approximate surface area is 88.6 Å². The molecule has 2 radical (unpaired) electrons. The standard InChI is InChI=1S/C11H17.Sn.H/c1-7-10-3-8-2-9(5-10)6-11(7)4-8;;/h8-11H,2-6H2,1H3;;. The van der Waals surface area contributed by atoms with Crippen molar-refractivity contribution in [3.05, 3.63) is 0 Å². The molecule has 4 aliphatic rings. The first-order valence-electron chi connectivity index (χ1n) is 5.45. The zero-order valence-corrected chi connectivity index (χ0v) is 11.2. The molecule has 0 aromatic rings. The molecule has 0 atom stereocenters. The van der Waals surface area contributed by atoms with Crippen LogP contribution >= 0.6 is 0 Å². The first-order chi connectivity index (χ1) is 5.66. The summed E-state index contributed by atoms with van der Waals surface area (Å²) in [5, 5.41) is 0. The van der Waals surface area contributed by atoms with Crippen LogP contribution < -0.4 is 0 Å². The first kappa shape index (κ1) is 8.14. The molecule has 0 aromatic carbocycles. The van der Waals surface area contributed by atoms with Crippen molar-refractivity contribution in [1.82, 2.24) is 0 Å². The minimum atomic E-state index is 0.832. The molecule has 0 aliphatic heterocycles. The van der Waals surface area contributed by atoms with Crippen LogP contribution in [-0.4, -0.2) is 22.5 Å². The summed E-state index contributed by atoms with van der Waals surface area (Å²) in [6.07, 6.45) is 8.01. The average Bonchev–Trinajstić information content (AvgIpc) is 1.99. The van der Waals surface area contributed by atoms with Gasteiger partial charge in [0.25, 0.3) is 0 Å². The molecule has 4 fully saturated rings.